The molecular weight excluding hydrogens is 282 g/mol. The van der Waals surface area contributed by atoms with Gasteiger partial charge in [0.15, 0.2) is 6.10 Å². The van der Waals surface area contributed by atoms with Gasteiger partial charge in [0.1, 0.15) is 5.75 Å². The number of carboxylic acid groups (broad SMARTS) is 1. The molecule has 1 N–H and O–H groups in total. The van der Waals surface area contributed by atoms with Crippen molar-refractivity contribution in [3.63, 3.8) is 0 Å². The standard InChI is InChI=1S/C17H19NO4/c19-15(14-9-11-3-1-2-4-13(11)22-14)18-7-5-17(6-8-18)10-12(17)16(20)21/h1-4,12,14H,5-10H2,(H,20,21). The third kappa shape index (κ3) is 2.07. The maximum atomic E-state index is 12.6. The second-order valence-electron chi connectivity index (χ2n) is 6.70. The molecule has 1 aliphatic carbocycles. The number of fused-ring (bicyclic) bond motifs is 1. The molecule has 2 fully saturated rings. The number of para-hydroxylation sites is 1. The lowest BCUT2D eigenvalue weighted by atomic mass is 9.90. The van der Waals surface area contributed by atoms with Crippen LogP contribution in [0.1, 0.15) is 24.8 Å². The second-order valence-corrected chi connectivity index (χ2v) is 6.70. The third-order valence-corrected chi connectivity index (χ3v) is 5.48. The lowest BCUT2D eigenvalue weighted by Crippen LogP contribution is -2.46. The van der Waals surface area contributed by atoms with Gasteiger partial charge in [-0.15, -0.1) is 0 Å². The summed E-state index contributed by atoms with van der Waals surface area (Å²) >= 11 is 0. The van der Waals surface area contributed by atoms with Gasteiger partial charge in [-0.1, -0.05) is 18.2 Å². The molecule has 1 amide bonds. The van der Waals surface area contributed by atoms with E-state index in [1.165, 1.54) is 0 Å². The summed E-state index contributed by atoms with van der Waals surface area (Å²) in [6, 6.07) is 7.76. The Hall–Kier alpha value is -2.04. The molecule has 1 spiro atoms. The number of hydrogen-bond acceptors (Lipinski definition) is 3. The molecular formula is C17H19NO4. The number of hydrogen-bond donors (Lipinski definition) is 1. The van der Waals surface area contributed by atoms with E-state index in [0.29, 0.717) is 19.5 Å². The number of likely N-dealkylation sites (tertiary alicyclic amines) is 1. The summed E-state index contributed by atoms with van der Waals surface area (Å²) in [5.41, 5.74) is 1.05. The number of carboxylic acids is 1. The van der Waals surface area contributed by atoms with Gasteiger partial charge in [-0.25, -0.2) is 0 Å². The number of rotatable bonds is 2. The zero-order chi connectivity index (χ0) is 15.3. The molecule has 3 aliphatic rings. The first-order valence-corrected chi connectivity index (χ1v) is 7.85. The number of ether oxygens (including phenoxy) is 1. The normalized spacial score (nSPS) is 28.1. The van der Waals surface area contributed by atoms with Crippen LogP contribution >= 0.6 is 0 Å². The van der Waals surface area contributed by atoms with Gasteiger partial charge >= 0.3 is 5.97 Å². The zero-order valence-electron chi connectivity index (χ0n) is 12.3. The summed E-state index contributed by atoms with van der Waals surface area (Å²) in [4.78, 5) is 25.5. The summed E-state index contributed by atoms with van der Waals surface area (Å²) in [6.45, 7) is 1.30. The van der Waals surface area contributed by atoms with Crippen LogP contribution in [0.4, 0.5) is 0 Å². The molecule has 1 saturated carbocycles. The molecule has 5 nitrogen and oxygen atoms in total. The van der Waals surface area contributed by atoms with Gasteiger partial charge in [0.05, 0.1) is 5.92 Å². The number of carbonyl (C=O) groups excluding carboxylic acids is 1. The van der Waals surface area contributed by atoms with E-state index in [9.17, 15) is 9.59 Å². The molecule has 1 saturated heterocycles. The van der Waals surface area contributed by atoms with Crippen LogP contribution in [0.15, 0.2) is 24.3 Å². The van der Waals surface area contributed by atoms with Crippen LogP contribution in [0.5, 0.6) is 5.75 Å². The largest absolute Gasteiger partial charge is 0.481 e. The third-order valence-electron chi connectivity index (χ3n) is 5.48. The molecule has 1 aromatic rings. The van der Waals surface area contributed by atoms with Crippen molar-refractivity contribution in [1.29, 1.82) is 0 Å². The van der Waals surface area contributed by atoms with E-state index in [4.69, 9.17) is 9.84 Å². The molecule has 2 unspecified atom stereocenters. The molecule has 116 valence electrons. The molecule has 0 aromatic heterocycles. The van der Waals surface area contributed by atoms with Crippen molar-refractivity contribution in [2.75, 3.05) is 13.1 Å². The van der Waals surface area contributed by atoms with E-state index in [-0.39, 0.29) is 17.2 Å². The van der Waals surface area contributed by atoms with Gasteiger partial charge in [0.2, 0.25) is 0 Å². The number of benzene rings is 1. The average molecular weight is 301 g/mol. The highest BCUT2D eigenvalue weighted by Crippen LogP contribution is 2.59. The topological polar surface area (TPSA) is 66.8 Å². The molecule has 4 rings (SSSR count). The fourth-order valence-electron chi connectivity index (χ4n) is 3.95. The first kappa shape index (κ1) is 13.6. The van der Waals surface area contributed by atoms with E-state index < -0.39 is 12.1 Å². The molecule has 2 aliphatic heterocycles. The van der Waals surface area contributed by atoms with Crippen molar-refractivity contribution in [1.82, 2.24) is 4.90 Å². The van der Waals surface area contributed by atoms with E-state index in [1.54, 1.807) is 0 Å². The Balaban J connectivity index is 1.37. The van der Waals surface area contributed by atoms with Crippen LogP contribution < -0.4 is 4.74 Å². The Bertz CT molecular complexity index is 608. The minimum Gasteiger partial charge on any atom is -0.481 e. The zero-order valence-corrected chi connectivity index (χ0v) is 12.3. The maximum Gasteiger partial charge on any atom is 0.307 e. The number of carbonyl (C=O) groups is 2. The van der Waals surface area contributed by atoms with E-state index in [1.807, 2.05) is 29.2 Å². The monoisotopic (exact) mass is 301 g/mol. The van der Waals surface area contributed by atoms with Gasteiger partial charge in [0, 0.05) is 19.5 Å². The van der Waals surface area contributed by atoms with E-state index >= 15 is 0 Å². The quantitative estimate of drug-likeness (QED) is 0.903. The van der Waals surface area contributed by atoms with E-state index in [0.717, 1.165) is 30.6 Å². The van der Waals surface area contributed by atoms with Crippen LogP contribution in [-0.2, 0) is 16.0 Å². The Morgan fingerprint density at radius 3 is 2.59 bits per heavy atom. The summed E-state index contributed by atoms with van der Waals surface area (Å²) < 4.78 is 5.76. The fourth-order valence-corrected chi connectivity index (χ4v) is 3.95. The first-order chi connectivity index (χ1) is 10.6. The average Bonchev–Trinajstić information content (AvgIpc) is 3.06. The Morgan fingerprint density at radius 1 is 1.23 bits per heavy atom. The highest BCUT2D eigenvalue weighted by Gasteiger charge is 2.59. The second kappa shape index (κ2) is 4.73. The highest BCUT2D eigenvalue weighted by molar-refractivity contribution is 5.83. The van der Waals surface area contributed by atoms with Gasteiger partial charge in [-0.3, -0.25) is 9.59 Å². The molecule has 1 aromatic carbocycles. The predicted octanol–water partition coefficient (Wildman–Crippen LogP) is 1.70. The summed E-state index contributed by atoms with van der Waals surface area (Å²) in [6.07, 6.45) is 2.59. The lowest BCUT2D eigenvalue weighted by molar-refractivity contribution is -0.141. The number of aliphatic carboxylic acids is 1. The van der Waals surface area contributed by atoms with Crippen molar-refractivity contribution < 1.29 is 19.4 Å². The van der Waals surface area contributed by atoms with Crippen molar-refractivity contribution in [2.45, 2.75) is 31.8 Å². The molecule has 22 heavy (non-hydrogen) atoms. The summed E-state index contributed by atoms with van der Waals surface area (Å²) in [5.74, 6) is -0.0351. The van der Waals surface area contributed by atoms with Crippen LogP contribution in [0.25, 0.3) is 0 Å². The number of piperidine rings is 1. The number of amides is 1. The minimum atomic E-state index is -0.686. The predicted molar refractivity (Wildman–Crippen MR) is 78.6 cm³/mol. The van der Waals surface area contributed by atoms with Crippen molar-refractivity contribution in [3.05, 3.63) is 29.8 Å². The highest BCUT2D eigenvalue weighted by atomic mass is 16.5. The Kier molecular flexibility index (Phi) is 2.93. The summed E-state index contributed by atoms with van der Waals surface area (Å²) in [5, 5.41) is 9.12. The number of nitrogens with zero attached hydrogens (tertiary/aromatic N) is 1. The van der Waals surface area contributed by atoms with Gasteiger partial charge in [0.25, 0.3) is 5.91 Å². The minimum absolute atomic E-state index is 0.0396. The van der Waals surface area contributed by atoms with E-state index in [2.05, 4.69) is 0 Å². The van der Waals surface area contributed by atoms with Crippen LogP contribution in [0.3, 0.4) is 0 Å². The van der Waals surface area contributed by atoms with Gasteiger partial charge < -0.3 is 14.7 Å². The van der Waals surface area contributed by atoms with Crippen molar-refractivity contribution in [3.8, 4) is 5.75 Å². The van der Waals surface area contributed by atoms with Crippen LogP contribution in [0, 0.1) is 11.3 Å². The molecule has 0 bridgehead atoms. The SMILES string of the molecule is O=C(O)C1CC12CCN(C(=O)C1Cc3ccccc3O1)CC2. The maximum absolute atomic E-state index is 12.6. The summed E-state index contributed by atoms with van der Waals surface area (Å²) in [7, 11) is 0. The Morgan fingerprint density at radius 2 is 1.95 bits per heavy atom. The van der Waals surface area contributed by atoms with Crippen LogP contribution in [0.2, 0.25) is 0 Å². The first-order valence-electron chi connectivity index (χ1n) is 7.85. The van der Waals surface area contributed by atoms with Crippen molar-refractivity contribution >= 4 is 11.9 Å². The van der Waals surface area contributed by atoms with Gasteiger partial charge in [-0.2, -0.15) is 0 Å². The smallest absolute Gasteiger partial charge is 0.307 e. The van der Waals surface area contributed by atoms with Crippen molar-refractivity contribution in [2.24, 2.45) is 11.3 Å². The molecule has 0 radical (unpaired) electrons. The van der Waals surface area contributed by atoms with Gasteiger partial charge in [-0.05, 0) is 36.3 Å². The van der Waals surface area contributed by atoms with Crippen LogP contribution in [-0.4, -0.2) is 41.1 Å². The Labute approximate surface area is 128 Å². The fraction of sp³-hybridized carbons (Fsp3) is 0.529. The molecule has 2 heterocycles. The molecule has 2 atom stereocenters. The lowest BCUT2D eigenvalue weighted by Gasteiger charge is -2.33. The molecule has 5 heteroatoms.